The first-order valence-corrected chi connectivity index (χ1v) is 9.16. The van der Waals surface area contributed by atoms with E-state index in [0.29, 0.717) is 11.1 Å². The lowest BCUT2D eigenvalue weighted by Gasteiger charge is -2.36. The minimum Gasteiger partial charge on any atom is -0.322 e. The number of likely N-dealkylation sites (tertiary alicyclic amines) is 2. The molecule has 2 aliphatic heterocycles. The van der Waals surface area contributed by atoms with Crippen molar-refractivity contribution in [2.24, 2.45) is 0 Å². The number of hydrogen-bond donors (Lipinski definition) is 1. The second-order valence-electron chi connectivity index (χ2n) is 6.62. The molecule has 0 aliphatic carbocycles. The van der Waals surface area contributed by atoms with Gasteiger partial charge in [-0.25, -0.2) is 4.79 Å². The number of carbonyl (C=O) groups excluding carboxylic acids is 1. The third-order valence-electron chi connectivity index (χ3n) is 4.96. The molecule has 0 unspecified atom stereocenters. The van der Waals surface area contributed by atoms with Gasteiger partial charge in [-0.1, -0.05) is 11.6 Å². The summed E-state index contributed by atoms with van der Waals surface area (Å²) < 4.78 is 0. The largest absolute Gasteiger partial charge is 0.322 e. The number of anilines is 1. The Labute approximate surface area is 143 Å². The predicted molar refractivity (Wildman–Crippen MR) is 95.1 cm³/mol. The summed E-state index contributed by atoms with van der Waals surface area (Å²) in [5.74, 6) is 0. The zero-order valence-corrected chi connectivity index (χ0v) is 14.4. The van der Waals surface area contributed by atoms with E-state index < -0.39 is 0 Å². The third-order valence-corrected chi connectivity index (χ3v) is 5.21. The molecule has 1 atom stereocenters. The van der Waals surface area contributed by atoms with E-state index in [2.05, 4.69) is 10.2 Å². The van der Waals surface area contributed by atoms with E-state index in [1.807, 2.05) is 17.0 Å². The average Bonchev–Trinajstić information content (AvgIpc) is 3.09. The molecule has 2 amide bonds. The SMILES string of the molecule is O=C(Nc1ccc(Cl)cc1)N1CCCC[C@@H]1CCN1CCCC1. The molecule has 1 N–H and O–H groups in total. The molecule has 2 aliphatic rings. The molecule has 23 heavy (non-hydrogen) atoms. The van der Waals surface area contributed by atoms with Crippen molar-refractivity contribution in [3.63, 3.8) is 0 Å². The van der Waals surface area contributed by atoms with Gasteiger partial charge in [-0.2, -0.15) is 0 Å². The van der Waals surface area contributed by atoms with Crippen LogP contribution in [0.1, 0.15) is 38.5 Å². The minimum atomic E-state index is 0.0263. The summed E-state index contributed by atoms with van der Waals surface area (Å²) in [5.41, 5.74) is 0.809. The topological polar surface area (TPSA) is 35.6 Å². The maximum Gasteiger partial charge on any atom is 0.322 e. The Morgan fingerprint density at radius 1 is 1.09 bits per heavy atom. The first kappa shape index (κ1) is 16.6. The van der Waals surface area contributed by atoms with Crippen LogP contribution in [0.15, 0.2) is 24.3 Å². The van der Waals surface area contributed by atoms with Crippen LogP contribution in [-0.4, -0.2) is 48.1 Å². The predicted octanol–water partition coefficient (Wildman–Crippen LogP) is 4.21. The summed E-state index contributed by atoms with van der Waals surface area (Å²) in [5, 5.41) is 3.70. The molecule has 2 fully saturated rings. The van der Waals surface area contributed by atoms with E-state index >= 15 is 0 Å². The Kier molecular flexibility index (Phi) is 5.79. The molecular formula is C18H26ClN3O. The molecule has 3 rings (SSSR count). The molecule has 1 aromatic carbocycles. The van der Waals surface area contributed by atoms with Gasteiger partial charge in [-0.15, -0.1) is 0 Å². The van der Waals surface area contributed by atoms with E-state index in [9.17, 15) is 4.79 Å². The summed E-state index contributed by atoms with van der Waals surface area (Å²) in [6.45, 7) is 4.44. The van der Waals surface area contributed by atoms with Gasteiger partial charge < -0.3 is 15.1 Å². The number of halogens is 1. The van der Waals surface area contributed by atoms with Crippen LogP contribution in [0.5, 0.6) is 0 Å². The van der Waals surface area contributed by atoms with Gasteiger partial charge >= 0.3 is 6.03 Å². The molecule has 126 valence electrons. The van der Waals surface area contributed by atoms with Crippen LogP contribution in [0, 0.1) is 0 Å². The summed E-state index contributed by atoms with van der Waals surface area (Å²) in [6, 6.07) is 7.71. The van der Waals surface area contributed by atoms with Gasteiger partial charge in [0.2, 0.25) is 0 Å². The van der Waals surface area contributed by atoms with E-state index in [4.69, 9.17) is 11.6 Å². The molecule has 4 nitrogen and oxygen atoms in total. The monoisotopic (exact) mass is 335 g/mol. The van der Waals surface area contributed by atoms with E-state index in [-0.39, 0.29) is 6.03 Å². The second kappa shape index (κ2) is 8.02. The highest BCUT2D eigenvalue weighted by Crippen LogP contribution is 2.22. The Morgan fingerprint density at radius 2 is 1.78 bits per heavy atom. The van der Waals surface area contributed by atoms with Crippen molar-refractivity contribution in [2.75, 3.05) is 31.5 Å². The van der Waals surface area contributed by atoms with Crippen LogP contribution in [0.3, 0.4) is 0 Å². The number of amides is 2. The maximum atomic E-state index is 12.6. The number of hydrogen-bond acceptors (Lipinski definition) is 2. The van der Waals surface area contributed by atoms with Crippen LogP contribution in [0.4, 0.5) is 10.5 Å². The molecular weight excluding hydrogens is 310 g/mol. The van der Waals surface area contributed by atoms with Crippen molar-refractivity contribution in [3.05, 3.63) is 29.3 Å². The molecule has 5 heteroatoms. The highest BCUT2D eigenvalue weighted by Gasteiger charge is 2.27. The number of piperidine rings is 1. The summed E-state index contributed by atoms with van der Waals surface area (Å²) in [4.78, 5) is 17.2. The molecule has 0 spiro atoms. The summed E-state index contributed by atoms with van der Waals surface area (Å²) in [7, 11) is 0. The van der Waals surface area contributed by atoms with Gasteiger partial charge in [0.05, 0.1) is 0 Å². The van der Waals surface area contributed by atoms with Gasteiger partial charge in [-0.3, -0.25) is 0 Å². The van der Waals surface area contributed by atoms with Crippen LogP contribution in [0.2, 0.25) is 5.02 Å². The first-order valence-electron chi connectivity index (χ1n) is 8.78. The van der Waals surface area contributed by atoms with Crippen LogP contribution < -0.4 is 5.32 Å². The number of benzene rings is 1. The number of nitrogens with zero attached hydrogens (tertiary/aromatic N) is 2. The van der Waals surface area contributed by atoms with Gasteiger partial charge in [-0.05, 0) is 75.9 Å². The lowest BCUT2D eigenvalue weighted by Crippen LogP contribution is -2.47. The van der Waals surface area contributed by atoms with E-state index in [0.717, 1.165) is 38.0 Å². The van der Waals surface area contributed by atoms with E-state index in [1.54, 1.807) is 12.1 Å². The smallest absolute Gasteiger partial charge is 0.322 e. The Balaban J connectivity index is 1.55. The number of nitrogens with one attached hydrogen (secondary N) is 1. The fraction of sp³-hybridized carbons (Fsp3) is 0.611. The molecule has 0 bridgehead atoms. The van der Waals surface area contributed by atoms with Crippen LogP contribution in [0.25, 0.3) is 0 Å². The molecule has 0 aromatic heterocycles. The summed E-state index contributed by atoms with van der Waals surface area (Å²) in [6.07, 6.45) is 7.20. The van der Waals surface area contributed by atoms with Gasteiger partial charge in [0, 0.05) is 29.8 Å². The van der Waals surface area contributed by atoms with Crippen molar-refractivity contribution in [1.29, 1.82) is 0 Å². The van der Waals surface area contributed by atoms with E-state index in [1.165, 1.54) is 32.4 Å². The Morgan fingerprint density at radius 3 is 2.52 bits per heavy atom. The van der Waals surface area contributed by atoms with Crippen molar-refractivity contribution >= 4 is 23.3 Å². The Hall–Kier alpha value is -1.26. The molecule has 2 saturated heterocycles. The van der Waals surface area contributed by atoms with Crippen molar-refractivity contribution < 1.29 is 4.79 Å². The number of carbonyl (C=O) groups is 1. The quantitative estimate of drug-likeness (QED) is 0.894. The lowest BCUT2D eigenvalue weighted by molar-refractivity contribution is 0.149. The normalized spacial score (nSPS) is 22.3. The number of rotatable bonds is 4. The molecule has 2 heterocycles. The fourth-order valence-electron chi connectivity index (χ4n) is 3.63. The molecule has 0 radical (unpaired) electrons. The Bertz CT molecular complexity index is 514. The maximum absolute atomic E-state index is 12.6. The highest BCUT2D eigenvalue weighted by molar-refractivity contribution is 6.30. The first-order chi connectivity index (χ1) is 11.2. The second-order valence-corrected chi connectivity index (χ2v) is 7.05. The molecule has 0 saturated carbocycles. The zero-order chi connectivity index (χ0) is 16.1. The third kappa shape index (κ3) is 4.61. The highest BCUT2D eigenvalue weighted by atomic mass is 35.5. The van der Waals surface area contributed by atoms with Crippen molar-refractivity contribution in [2.45, 2.75) is 44.6 Å². The van der Waals surface area contributed by atoms with Crippen molar-refractivity contribution in [3.8, 4) is 0 Å². The summed E-state index contributed by atoms with van der Waals surface area (Å²) >= 11 is 5.90. The fourth-order valence-corrected chi connectivity index (χ4v) is 3.76. The zero-order valence-electron chi connectivity index (χ0n) is 13.6. The van der Waals surface area contributed by atoms with Gasteiger partial charge in [0.1, 0.15) is 0 Å². The van der Waals surface area contributed by atoms with Crippen molar-refractivity contribution in [1.82, 2.24) is 9.80 Å². The van der Waals surface area contributed by atoms with Crippen LogP contribution in [-0.2, 0) is 0 Å². The number of urea groups is 1. The van der Waals surface area contributed by atoms with Gasteiger partial charge in [0.25, 0.3) is 0 Å². The minimum absolute atomic E-state index is 0.0263. The van der Waals surface area contributed by atoms with Crippen LogP contribution >= 0.6 is 11.6 Å². The average molecular weight is 336 g/mol. The lowest BCUT2D eigenvalue weighted by atomic mass is 9.99. The van der Waals surface area contributed by atoms with Gasteiger partial charge in [0.15, 0.2) is 0 Å². The standard InChI is InChI=1S/C18H26ClN3O/c19-15-6-8-16(9-7-15)20-18(23)22-13-2-1-5-17(22)10-14-21-11-3-4-12-21/h6-9,17H,1-5,10-14H2,(H,20,23)/t17-/m1/s1. The molecule has 1 aromatic rings.